The highest BCUT2D eigenvalue weighted by molar-refractivity contribution is 7.91. The van der Waals surface area contributed by atoms with Crippen LogP contribution in [0.15, 0.2) is 48.5 Å². The van der Waals surface area contributed by atoms with Crippen molar-refractivity contribution in [2.75, 3.05) is 23.0 Å². The van der Waals surface area contributed by atoms with E-state index >= 15 is 0 Å². The maximum atomic E-state index is 13.2. The predicted molar refractivity (Wildman–Crippen MR) is 108 cm³/mol. The molecule has 2 aliphatic rings. The summed E-state index contributed by atoms with van der Waals surface area (Å²) in [4.78, 5) is 16.5. The van der Waals surface area contributed by atoms with E-state index in [4.69, 9.17) is 10.00 Å². The Kier molecular flexibility index (Phi) is 4.92. The van der Waals surface area contributed by atoms with Gasteiger partial charge in [-0.15, -0.1) is 0 Å². The van der Waals surface area contributed by atoms with E-state index in [0.717, 1.165) is 5.56 Å². The number of benzene rings is 2. The van der Waals surface area contributed by atoms with Gasteiger partial charge in [0.25, 0.3) is 0 Å². The summed E-state index contributed by atoms with van der Waals surface area (Å²) in [5, 5.41) is 8.95. The van der Waals surface area contributed by atoms with E-state index in [0.29, 0.717) is 30.2 Å². The number of anilines is 1. The van der Waals surface area contributed by atoms with Crippen LogP contribution in [0.5, 0.6) is 5.75 Å². The van der Waals surface area contributed by atoms with Crippen molar-refractivity contribution in [2.24, 2.45) is 0 Å². The van der Waals surface area contributed by atoms with Crippen LogP contribution in [0.1, 0.15) is 18.1 Å². The van der Waals surface area contributed by atoms with Gasteiger partial charge in [0.2, 0.25) is 0 Å². The molecule has 2 saturated heterocycles. The van der Waals surface area contributed by atoms with Gasteiger partial charge in [-0.05, 0) is 48.9 Å². The summed E-state index contributed by atoms with van der Waals surface area (Å²) in [6, 6.07) is 15.2. The quantitative estimate of drug-likeness (QED) is 0.706. The molecule has 0 spiro atoms. The molecule has 150 valence electrons. The normalized spacial score (nSPS) is 22.4. The van der Waals surface area contributed by atoms with Crippen molar-refractivity contribution in [1.82, 2.24) is 4.90 Å². The van der Waals surface area contributed by atoms with Gasteiger partial charge in [0.15, 0.2) is 9.84 Å². The first kappa shape index (κ1) is 19.3. The van der Waals surface area contributed by atoms with E-state index in [9.17, 15) is 13.2 Å². The number of hydrogen-bond donors (Lipinski definition) is 0. The van der Waals surface area contributed by atoms with Gasteiger partial charge in [-0.3, -0.25) is 4.90 Å². The van der Waals surface area contributed by atoms with Gasteiger partial charge in [-0.2, -0.15) is 5.26 Å². The van der Waals surface area contributed by atoms with Crippen LogP contribution in [0, 0.1) is 11.3 Å². The molecule has 2 aliphatic heterocycles. The molecule has 8 heteroatoms. The minimum Gasteiger partial charge on any atom is -0.494 e. The fourth-order valence-corrected chi connectivity index (χ4v) is 5.96. The summed E-state index contributed by atoms with van der Waals surface area (Å²) in [7, 11) is -3.23. The molecular weight excluding hydrogens is 390 g/mol. The maximum absolute atomic E-state index is 13.2. The van der Waals surface area contributed by atoms with Crippen molar-refractivity contribution in [3.63, 3.8) is 0 Å². The van der Waals surface area contributed by atoms with Gasteiger partial charge < -0.3 is 9.64 Å². The highest BCUT2D eigenvalue weighted by Crippen LogP contribution is 2.36. The molecule has 0 N–H and O–H groups in total. The monoisotopic (exact) mass is 411 g/mol. The molecule has 0 aliphatic carbocycles. The van der Waals surface area contributed by atoms with Crippen LogP contribution in [0.25, 0.3) is 0 Å². The molecule has 7 nitrogen and oxygen atoms in total. The third-order valence-corrected chi connectivity index (χ3v) is 7.04. The zero-order chi connectivity index (χ0) is 20.6. The first-order valence-electron chi connectivity index (χ1n) is 9.44. The number of amides is 2. The molecule has 2 aromatic carbocycles. The summed E-state index contributed by atoms with van der Waals surface area (Å²) in [5.41, 5.74) is 2.06. The van der Waals surface area contributed by atoms with Crippen molar-refractivity contribution < 1.29 is 17.9 Å². The zero-order valence-corrected chi connectivity index (χ0v) is 16.8. The molecule has 0 saturated carbocycles. The SMILES string of the molecule is CCOc1ccc(N2C(=O)N(Cc3ccc(C#N)cc3)C3CS(=O)(=O)CC32)cc1. The number of nitriles is 1. The van der Waals surface area contributed by atoms with Gasteiger partial charge >= 0.3 is 6.03 Å². The number of nitrogens with zero attached hydrogens (tertiary/aromatic N) is 3. The minimum absolute atomic E-state index is 0.0345. The molecular formula is C21H21N3O4S. The number of carbonyl (C=O) groups is 1. The van der Waals surface area contributed by atoms with Crippen LogP contribution in [0.3, 0.4) is 0 Å². The van der Waals surface area contributed by atoms with Crippen LogP contribution >= 0.6 is 0 Å². The number of urea groups is 1. The lowest BCUT2D eigenvalue weighted by Gasteiger charge is -2.23. The second-order valence-corrected chi connectivity index (χ2v) is 9.38. The molecule has 2 unspecified atom stereocenters. The van der Waals surface area contributed by atoms with Gasteiger partial charge in [0.1, 0.15) is 5.75 Å². The molecule has 2 heterocycles. The molecule has 0 radical (unpaired) electrons. The Bertz CT molecular complexity index is 1060. The second-order valence-electron chi connectivity index (χ2n) is 7.23. The second kappa shape index (κ2) is 7.41. The van der Waals surface area contributed by atoms with E-state index in [2.05, 4.69) is 6.07 Å². The topological polar surface area (TPSA) is 90.7 Å². The molecule has 0 aromatic heterocycles. The Hall–Kier alpha value is -3.05. The fraction of sp³-hybridized carbons (Fsp3) is 0.333. The third-order valence-electron chi connectivity index (χ3n) is 5.34. The summed E-state index contributed by atoms with van der Waals surface area (Å²) in [6.45, 7) is 2.74. The van der Waals surface area contributed by atoms with Crippen molar-refractivity contribution in [3.8, 4) is 11.8 Å². The smallest absolute Gasteiger partial charge is 0.325 e. The van der Waals surface area contributed by atoms with Gasteiger partial charge in [-0.25, -0.2) is 13.2 Å². The molecule has 4 rings (SSSR count). The van der Waals surface area contributed by atoms with Crippen LogP contribution in [0.4, 0.5) is 10.5 Å². The van der Waals surface area contributed by atoms with E-state index in [-0.39, 0.29) is 17.5 Å². The van der Waals surface area contributed by atoms with Crippen LogP contribution < -0.4 is 9.64 Å². The van der Waals surface area contributed by atoms with Crippen LogP contribution in [-0.4, -0.2) is 49.5 Å². The average molecular weight is 411 g/mol. The number of carbonyl (C=O) groups excluding carboxylic acids is 1. The summed E-state index contributed by atoms with van der Waals surface area (Å²) >= 11 is 0. The third kappa shape index (κ3) is 3.66. The van der Waals surface area contributed by atoms with Crippen LogP contribution in [-0.2, 0) is 16.4 Å². The lowest BCUT2D eigenvalue weighted by molar-refractivity contribution is 0.206. The summed E-state index contributed by atoms with van der Waals surface area (Å²) in [6.07, 6.45) is 0. The van der Waals surface area contributed by atoms with Crippen LogP contribution in [0.2, 0.25) is 0 Å². The average Bonchev–Trinajstić information content (AvgIpc) is 3.14. The molecule has 0 bridgehead atoms. The van der Waals surface area contributed by atoms with Crippen molar-refractivity contribution in [2.45, 2.75) is 25.6 Å². The standard InChI is InChI=1S/C21H21N3O4S/c1-2-28-18-9-7-17(8-10-18)24-20-14-29(26,27)13-19(20)23(21(24)25)12-16-5-3-15(11-22)4-6-16/h3-10,19-20H,2,12-14H2,1H3. The van der Waals surface area contributed by atoms with Crippen molar-refractivity contribution >= 4 is 21.6 Å². The Morgan fingerprint density at radius 2 is 1.72 bits per heavy atom. The summed E-state index contributed by atoms with van der Waals surface area (Å²) in [5.74, 6) is 0.626. The van der Waals surface area contributed by atoms with E-state index in [1.54, 1.807) is 58.3 Å². The molecule has 2 fully saturated rings. The molecule has 2 atom stereocenters. The van der Waals surface area contributed by atoms with Gasteiger partial charge in [-0.1, -0.05) is 12.1 Å². The van der Waals surface area contributed by atoms with Crippen molar-refractivity contribution in [1.29, 1.82) is 5.26 Å². The minimum atomic E-state index is -3.23. The predicted octanol–water partition coefficient (Wildman–Crippen LogP) is 2.56. The van der Waals surface area contributed by atoms with E-state index < -0.39 is 21.9 Å². The lowest BCUT2D eigenvalue weighted by Crippen LogP contribution is -2.37. The Morgan fingerprint density at radius 1 is 1.07 bits per heavy atom. The molecule has 2 aromatic rings. The number of sulfone groups is 1. The van der Waals surface area contributed by atoms with E-state index in [1.165, 1.54) is 0 Å². The lowest BCUT2D eigenvalue weighted by atomic mass is 10.1. The molecule has 29 heavy (non-hydrogen) atoms. The number of ether oxygens (including phenoxy) is 1. The molecule has 2 amide bonds. The highest BCUT2D eigenvalue weighted by Gasteiger charge is 2.53. The van der Waals surface area contributed by atoms with Gasteiger partial charge in [0, 0.05) is 12.2 Å². The zero-order valence-electron chi connectivity index (χ0n) is 16.0. The van der Waals surface area contributed by atoms with Gasteiger partial charge in [0.05, 0.1) is 41.8 Å². The highest BCUT2D eigenvalue weighted by atomic mass is 32.2. The number of rotatable bonds is 5. The Balaban J connectivity index is 1.64. The van der Waals surface area contributed by atoms with E-state index in [1.807, 2.05) is 6.92 Å². The first-order valence-corrected chi connectivity index (χ1v) is 11.3. The number of fused-ring (bicyclic) bond motifs is 1. The maximum Gasteiger partial charge on any atom is 0.325 e. The summed E-state index contributed by atoms with van der Waals surface area (Å²) < 4.78 is 30.1. The first-order chi connectivity index (χ1) is 13.9. The van der Waals surface area contributed by atoms with Crippen molar-refractivity contribution in [3.05, 3.63) is 59.7 Å². The largest absolute Gasteiger partial charge is 0.494 e. The Labute approximate surface area is 170 Å². The number of hydrogen-bond acceptors (Lipinski definition) is 5. The Morgan fingerprint density at radius 3 is 2.34 bits per heavy atom. The fourth-order valence-electron chi connectivity index (χ4n) is 4.01.